The minimum absolute atomic E-state index is 0. The molecule has 1 aromatic heterocycles. The molecule has 0 spiro atoms. The number of quaternary nitrogens is 1. The third-order valence-electron chi connectivity index (χ3n) is 6.23. The van der Waals surface area contributed by atoms with E-state index in [-0.39, 0.29) is 36.8 Å². The highest BCUT2D eigenvalue weighted by molar-refractivity contribution is 5.93. The average molecular weight is 401 g/mol. The highest BCUT2D eigenvalue weighted by atomic mass is 35.5. The number of aliphatic carboxylic acids is 1. The third kappa shape index (κ3) is 2.41. The Morgan fingerprint density at radius 1 is 1.36 bits per heavy atom. The molecule has 4 aliphatic rings. The molecule has 0 fully saturated rings. The lowest BCUT2D eigenvalue weighted by Crippen LogP contribution is -2.58. The number of hydrogen-bond acceptors (Lipinski definition) is 4. The molecule has 28 heavy (non-hydrogen) atoms. The first-order valence-corrected chi connectivity index (χ1v) is 9.43. The van der Waals surface area contributed by atoms with Gasteiger partial charge in [-0.1, -0.05) is 11.2 Å². The third-order valence-corrected chi connectivity index (χ3v) is 6.23. The maximum absolute atomic E-state index is 11.5. The van der Waals surface area contributed by atoms with Crippen LogP contribution in [-0.4, -0.2) is 34.4 Å². The number of hydrogen-bond donors (Lipinski definition) is 1. The van der Waals surface area contributed by atoms with Crippen molar-refractivity contribution in [2.45, 2.75) is 51.3 Å². The second kappa shape index (κ2) is 6.57. The van der Waals surface area contributed by atoms with Crippen LogP contribution in [-0.2, 0) is 11.4 Å². The summed E-state index contributed by atoms with van der Waals surface area (Å²) in [6.45, 7) is 4.82. The molecule has 0 radical (unpaired) electrons. The Hall–Kier alpha value is -2.44. The van der Waals surface area contributed by atoms with Crippen LogP contribution in [0.15, 0.2) is 35.6 Å². The lowest BCUT2D eigenvalue weighted by atomic mass is 9.81. The lowest BCUT2D eigenvalue weighted by molar-refractivity contribution is -0.137. The average Bonchev–Trinajstić information content (AvgIpc) is 2.81. The van der Waals surface area contributed by atoms with Gasteiger partial charge in [0.05, 0.1) is 24.1 Å². The summed E-state index contributed by atoms with van der Waals surface area (Å²) < 4.78 is 6.47. The number of carbonyl (C=O) groups is 1. The zero-order chi connectivity index (χ0) is 18.8. The van der Waals surface area contributed by atoms with Crippen molar-refractivity contribution in [3.8, 4) is 5.88 Å². The van der Waals surface area contributed by atoms with Crippen molar-refractivity contribution in [2.24, 2.45) is 5.10 Å². The van der Waals surface area contributed by atoms with Gasteiger partial charge in [-0.25, -0.2) is 4.98 Å². The molecule has 7 heteroatoms. The van der Waals surface area contributed by atoms with Crippen molar-refractivity contribution in [1.29, 1.82) is 0 Å². The summed E-state index contributed by atoms with van der Waals surface area (Å²) >= 11 is 0. The smallest absolute Gasteiger partial charge is 0.303 e. The van der Waals surface area contributed by atoms with Crippen LogP contribution >= 0.6 is 12.4 Å². The summed E-state index contributed by atoms with van der Waals surface area (Å²) in [6, 6.07) is 8.62. The molecule has 3 atom stereocenters. The monoisotopic (exact) mass is 400 g/mol. The number of pyridine rings is 1. The molecule has 0 amide bonds. The Morgan fingerprint density at radius 3 is 2.93 bits per heavy atom. The maximum Gasteiger partial charge on any atom is 0.303 e. The van der Waals surface area contributed by atoms with Gasteiger partial charge < -0.3 is 9.84 Å². The number of benzene rings is 1. The largest absolute Gasteiger partial charge is 0.481 e. The second-order valence-electron chi connectivity index (χ2n) is 7.85. The molecule has 0 saturated heterocycles. The first-order valence-electron chi connectivity index (χ1n) is 9.43. The fourth-order valence-corrected chi connectivity index (χ4v) is 5.12. The predicted octanol–water partition coefficient (Wildman–Crippen LogP) is 3.84. The maximum atomic E-state index is 11.5. The summed E-state index contributed by atoms with van der Waals surface area (Å²) in [4.78, 5) is 15.9. The highest BCUT2D eigenvalue weighted by Crippen LogP contribution is 2.53. The normalized spacial score (nSPS) is 25.5. The van der Waals surface area contributed by atoms with Crippen LogP contribution in [0.3, 0.4) is 0 Å². The van der Waals surface area contributed by atoms with Crippen LogP contribution in [0.1, 0.15) is 54.9 Å². The van der Waals surface area contributed by atoms with E-state index in [0.717, 1.165) is 22.4 Å². The number of halogens is 1. The topological polar surface area (TPSA) is 71.8 Å². The number of ether oxygens (including phenoxy) is 1. The summed E-state index contributed by atoms with van der Waals surface area (Å²) in [5, 5.41) is 14.4. The molecular weight excluding hydrogens is 378 g/mol. The minimum atomic E-state index is -0.774. The summed E-state index contributed by atoms with van der Waals surface area (Å²) in [5.41, 5.74) is 5.71. The SMILES string of the molecule is CC(C)[N+]12N=Cc3cc4c(cc31)COc1ncccc1C4C2CCC(=O)O.Cl. The van der Waals surface area contributed by atoms with Crippen molar-refractivity contribution in [1.82, 2.24) is 9.58 Å². The predicted molar refractivity (Wildman–Crippen MR) is 109 cm³/mol. The number of nitrogens with zero attached hydrogens (tertiary/aromatic N) is 3. The second-order valence-corrected chi connectivity index (χ2v) is 7.85. The summed E-state index contributed by atoms with van der Waals surface area (Å²) in [6.07, 6.45) is 4.36. The van der Waals surface area contributed by atoms with Gasteiger partial charge in [-0.05, 0) is 37.1 Å². The Balaban J connectivity index is 0.00000192. The number of rotatable bonds is 4. The van der Waals surface area contributed by atoms with Crippen LogP contribution in [0, 0.1) is 0 Å². The lowest BCUT2D eigenvalue weighted by Gasteiger charge is -2.42. The molecule has 1 aromatic carbocycles. The highest BCUT2D eigenvalue weighted by Gasteiger charge is 2.55. The number of aromatic nitrogens is 1. The van der Waals surface area contributed by atoms with Gasteiger partial charge in [-0.3, -0.25) is 4.79 Å². The standard InChI is InChI=1S/C21H21N3O3.ClH/c1-12(2)24-17(5-6-19(25)26)20-15-4-3-7-22-21(15)27-11-14-9-18(24)13(10-23-24)8-16(14)20;/h3-4,7-10,12,17,20H,5-6,11H2,1-2H3;1H/p+1. The van der Waals surface area contributed by atoms with Crippen LogP contribution in [0.4, 0.5) is 5.69 Å². The molecule has 0 aliphatic carbocycles. The Morgan fingerprint density at radius 2 is 2.18 bits per heavy atom. The van der Waals surface area contributed by atoms with Gasteiger partial charge in [0.2, 0.25) is 5.88 Å². The molecule has 4 aliphatic heterocycles. The van der Waals surface area contributed by atoms with Crippen LogP contribution in [0.2, 0.25) is 0 Å². The van der Waals surface area contributed by atoms with E-state index >= 15 is 0 Å². The fourth-order valence-electron chi connectivity index (χ4n) is 5.12. The Bertz CT molecular complexity index is 991. The molecule has 1 N–H and O–H groups in total. The van der Waals surface area contributed by atoms with E-state index < -0.39 is 5.97 Å². The van der Waals surface area contributed by atoms with Crippen molar-refractivity contribution < 1.29 is 14.6 Å². The van der Waals surface area contributed by atoms with Gasteiger partial charge in [-0.15, -0.1) is 12.4 Å². The summed E-state index contributed by atoms with van der Waals surface area (Å²) in [7, 11) is 0. The van der Waals surface area contributed by atoms with E-state index in [1.807, 2.05) is 12.3 Å². The number of carboxylic acids is 1. The van der Waals surface area contributed by atoms with E-state index in [9.17, 15) is 9.90 Å². The van der Waals surface area contributed by atoms with Gasteiger partial charge in [0, 0.05) is 24.2 Å². The fraction of sp³-hybridized carbons (Fsp3) is 0.381. The van der Waals surface area contributed by atoms with Crippen LogP contribution in [0.25, 0.3) is 0 Å². The Labute approximate surface area is 169 Å². The van der Waals surface area contributed by atoms with Crippen LogP contribution < -0.4 is 9.33 Å². The van der Waals surface area contributed by atoms with E-state index in [1.165, 1.54) is 5.56 Å². The van der Waals surface area contributed by atoms with E-state index in [0.29, 0.717) is 23.5 Å². The zero-order valence-electron chi connectivity index (χ0n) is 15.8. The molecule has 5 heterocycles. The number of fused-ring (bicyclic) bond motifs is 1. The van der Waals surface area contributed by atoms with Gasteiger partial charge in [-0.2, -0.15) is 4.59 Å². The molecule has 0 saturated carbocycles. The van der Waals surface area contributed by atoms with Crippen molar-refractivity contribution in [3.63, 3.8) is 0 Å². The van der Waals surface area contributed by atoms with Crippen molar-refractivity contribution in [3.05, 3.63) is 52.7 Å². The van der Waals surface area contributed by atoms with Crippen molar-refractivity contribution in [2.75, 3.05) is 0 Å². The van der Waals surface area contributed by atoms with E-state index in [4.69, 9.17) is 9.84 Å². The molecule has 6 bridgehead atoms. The molecule has 6 rings (SSSR count). The van der Waals surface area contributed by atoms with E-state index in [1.54, 1.807) is 6.20 Å². The molecule has 6 nitrogen and oxygen atoms in total. The van der Waals surface area contributed by atoms with Gasteiger partial charge in [0.1, 0.15) is 18.7 Å². The molecule has 2 aromatic rings. The first-order chi connectivity index (χ1) is 13.0. The van der Waals surface area contributed by atoms with E-state index in [2.05, 4.69) is 37.0 Å². The quantitative estimate of drug-likeness (QED) is 0.791. The first kappa shape index (κ1) is 18.9. The Kier molecular flexibility index (Phi) is 4.43. The number of carboxylic acid groups (broad SMARTS) is 1. The zero-order valence-corrected chi connectivity index (χ0v) is 16.6. The molecule has 3 unspecified atom stereocenters. The molecule has 146 valence electrons. The van der Waals surface area contributed by atoms with Crippen molar-refractivity contribution >= 4 is 30.3 Å². The molecular formula is C21H23ClN3O3+. The van der Waals surface area contributed by atoms with Gasteiger partial charge >= 0.3 is 5.97 Å². The van der Waals surface area contributed by atoms with Gasteiger partial charge in [0.25, 0.3) is 0 Å². The van der Waals surface area contributed by atoms with Gasteiger partial charge in [0.15, 0.2) is 5.69 Å². The van der Waals surface area contributed by atoms with Crippen LogP contribution in [0.5, 0.6) is 5.88 Å². The summed E-state index contributed by atoms with van der Waals surface area (Å²) in [5.74, 6) is -0.114. The minimum Gasteiger partial charge on any atom is -0.481 e.